The summed E-state index contributed by atoms with van der Waals surface area (Å²) in [5.74, 6) is -1.15. The number of alkyl halides is 1. The monoisotopic (exact) mass is 1630 g/mol. The van der Waals surface area contributed by atoms with Crippen molar-refractivity contribution in [2.75, 3.05) is 72.4 Å². The number of nitrogens with one attached hydrogen (secondary N) is 3. The lowest BCUT2D eigenvalue weighted by molar-refractivity contribution is -0.158. The summed E-state index contributed by atoms with van der Waals surface area (Å²) in [6, 6.07) is 32.8. The van der Waals surface area contributed by atoms with E-state index in [0.717, 1.165) is 6.04 Å². The number of halogens is 1. The van der Waals surface area contributed by atoms with Gasteiger partial charge in [-0.25, -0.2) is 34.1 Å². The van der Waals surface area contributed by atoms with Crippen LogP contribution in [-0.2, 0) is 89.5 Å². The van der Waals surface area contributed by atoms with Crippen LogP contribution in [0.1, 0.15) is 99.8 Å². The molecule has 3 aliphatic rings. The Hall–Kier alpha value is -9.11. The van der Waals surface area contributed by atoms with Crippen LogP contribution in [0.4, 0.5) is 15.0 Å². The maximum atomic E-state index is 19.0. The molecule has 11 rings (SSSR count). The Labute approximate surface area is 660 Å². The van der Waals surface area contributed by atoms with E-state index in [1.54, 1.807) is 73.7 Å². The van der Waals surface area contributed by atoms with E-state index in [1.807, 2.05) is 88.5 Å². The van der Waals surface area contributed by atoms with Crippen LogP contribution in [0.3, 0.4) is 0 Å². The molecule has 7 heterocycles. The Morgan fingerprint density at radius 1 is 0.690 bits per heavy atom. The fourth-order valence-corrected chi connectivity index (χ4v) is 17.2. The summed E-state index contributed by atoms with van der Waals surface area (Å²) in [4.78, 5) is 117. The van der Waals surface area contributed by atoms with Crippen molar-refractivity contribution in [2.45, 2.75) is 171 Å². The zero-order valence-electron chi connectivity index (χ0n) is 65.3. The van der Waals surface area contributed by atoms with E-state index < -0.39 is 132 Å². The van der Waals surface area contributed by atoms with Gasteiger partial charge in [0.05, 0.1) is 78.9 Å². The number of esters is 1. The Morgan fingerprint density at radius 2 is 1.30 bits per heavy atom. The zero-order valence-corrected chi connectivity index (χ0v) is 69.0. The fraction of sp³-hybridized carbons (Fsp3) is 0.481. The normalized spacial score (nSPS) is 20.6. The minimum atomic E-state index is -4.51. The van der Waals surface area contributed by atoms with Crippen molar-refractivity contribution in [3.63, 3.8) is 0 Å². The number of benzene rings is 4. The van der Waals surface area contributed by atoms with Crippen molar-refractivity contribution < 1.29 is 89.0 Å². The summed E-state index contributed by atoms with van der Waals surface area (Å²) < 4.78 is 101. The number of aromatic nitrogens is 8. The largest absolute Gasteiger partial charge is 0.497 e. The molecule has 3 saturated heterocycles. The number of fused-ring (bicyclic) bond motifs is 2. The third-order valence-corrected chi connectivity index (χ3v) is 28.8. The second-order valence-electron chi connectivity index (χ2n) is 30.4. The summed E-state index contributed by atoms with van der Waals surface area (Å²) >= 11 is 6.59. The van der Waals surface area contributed by atoms with Crippen LogP contribution in [0, 0.1) is 0 Å². The molecule has 10 atom stereocenters. The highest BCUT2D eigenvalue weighted by Crippen LogP contribution is 2.56. The van der Waals surface area contributed by atoms with Gasteiger partial charge in [-0.15, -0.1) is 0 Å². The van der Waals surface area contributed by atoms with Gasteiger partial charge in [-0.2, -0.15) is 0 Å². The molecule has 36 heteroatoms. The SMILES string of the molecule is COc1ccc(C(OC[C@H]2O[C@@H](n3cnc4c(NC(=O)c5ccccc5)ncnc43)[C@H](F)[C@@H]2O[P@@](=S)(OC[C@H]2CCCN2C(C)=O)OC[C@H]2O[C@@H](n3cnc4c(=O)n(CCOCNC(=O)CNC(=O)OCC[Si](C)(C)C)cnc43)[C@H](OC(=O)CCC(C)=O)[C@@H]2O[Si](C)(C)C(C)(C)C)(c2ccccc2)c2ccc(OC)cc2)cc1. The number of alkyl carbamates (subject to hydrolysis) is 1. The van der Waals surface area contributed by atoms with Crippen molar-refractivity contribution >= 4 is 98.6 Å². The minimum Gasteiger partial charge on any atom is -0.497 e. The van der Waals surface area contributed by atoms with Crippen LogP contribution in [0.2, 0.25) is 43.8 Å². The van der Waals surface area contributed by atoms with Crippen LogP contribution >= 0.6 is 6.72 Å². The number of imidazole rings is 2. The molecule has 31 nitrogen and oxygen atoms in total. The van der Waals surface area contributed by atoms with Gasteiger partial charge in [0.25, 0.3) is 11.5 Å². The lowest BCUT2D eigenvalue weighted by atomic mass is 9.80. The first-order valence-electron chi connectivity index (χ1n) is 37.3. The maximum Gasteiger partial charge on any atom is 0.407 e. The van der Waals surface area contributed by atoms with Crippen molar-refractivity contribution in [3.8, 4) is 11.5 Å². The van der Waals surface area contributed by atoms with Gasteiger partial charge in [0, 0.05) is 33.5 Å². The summed E-state index contributed by atoms with van der Waals surface area (Å²) in [6.07, 6.45) is -7.24. The minimum absolute atomic E-state index is 0.00957. The predicted molar refractivity (Wildman–Crippen MR) is 422 cm³/mol. The fourth-order valence-electron chi connectivity index (χ4n) is 13.1. The number of hydrogen-bond donors (Lipinski definition) is 3. The third kappa shape index (κ3) is 20.5. The van der Waals surface area contributed by atoms with Gasteiger partial charge in [0.15, 0.2) is 61.2 Å². The summed E-state index contributed by atoms with van der Waals surface area (Å²) in [7, 11) is -1.33. The quantitative estimate of drug-likeness (QED) is 0.00820. The maximum absolute atomic E-state index is 19.0. The Balaban J connectivity index is 0.948. The number of methoxy groups -OCH3 is 2. The molecule has 4 aromatic carbocycles. The number of likely N-dealkylation sites (tertiary alicyclic amines) is 1. The highest BCUT2D eigenvalue weighted by Gasteiger charge is 2.56. The number of nitrogens with zero attached hydrogens (tertiary/aromatic N) is 9. The summed E-state index contributed by atoms with van der Waals surface area (Å²) in [6.45, 7) is 13.5. The molecule has 0 radical (unpaired) electrons. The molecule has 8 aromatic rings. The Bertz CT molecular complexity index is 4700. The Kier molecular flexibility index (Phi) is 27.8. The van der Waals surface area contributed by atoms with Crippen molar-refractivity contribution in [1.82, 2.24) is 54.2 Å². The molecule has 0 spiro atoms. The molecular weight excluding hydrogens is 1540 g/mol. The number of anilines is 1. The van der Waals surface area contributed by atoms with Gasteiger partial charge in [-0.1, -0.05) is 113 Å². The van der Waals surface area contributed by atoms with Gasteiger partial charge < -0.3 is 77.0 Å². The second-order valence-corrected chi connectivity index (χ2v) is 43.7. The molecule has 3 N–H and O–H groups in total. The van der Waals surface area contributed by atoms with Gasteiger partial charge in [-0.05, 0) is 109 Å². The van der Waals surface area contributed by atoms with Gasteiger partial charge in [0.1, 0.15) is 73.2 Å². The number of amides is 4. The lowest BCUT2D eigenvalue weighted by Crippen LogP contribution is -2.50. The molecule has 606 valence electrons. The zero-order chi connectivity index (χ0) is 81.0. The molecule has 3 fully saturated rings. The van der Waals surface area contributed by atoms with Gasteiger partial charge in [0.2, 0.25) is 11.8 Å². The number of rotatable bonds is 36. The van der Waals surface area contributed by atoms with Crippen molar-refractivity contribution in [2.24, 2.45) is 0 Å². The first kappa shape index (κ1) is 84.8. The van der Waals surface area contributed by atoms with E-state index in [1.165, 1.54) is 52.9 Å². The molecule has 0 unspecified atom stereocenters. The van der Waals surface area contributed by atoms with Gasteiger partial charge in [-0.3, -0.25) is 42.2 Å². The average molecular weight is 1630 g/mol. The highest BCUT2D eigenvalue weighted by molar-refractivity contribution is 8.07. The van der Waals surface area contributed by atoms with E-state index in [0.29, 0.717) is 53.1 Å². The Morgan fingerprint density at radius 3 is 1.94 bits per heavy atom. The van der Waals surface area contributed by atoms with E-state index in [2.05, 4.69) is 60.5 Å². The van der Waals surface area contributed by atoms with E-state index in [-0.39, 0.29) is 92.3 Å². The number of carbonyl (C=O) groups excluding carboxylic acids is 6. The van der Waals surface area contributed by atoms with Crippen LogP contribution in [-0.4, -0.2) is 205 Å². The molecule has 0 saturated carbocycles. The van der Waals surface area contributed by atoms with Gasteiger partial charge >= 0.3 is 18.8 Å². The molecule has 0 bridgehead atoms. The van der Waals surface area contributed by atoms with Crippen molar-refractivity contribution in [3.05, 3.63) is 167 Å². The van der Waals surface area contributed by atoms with E-state index >= 15 is 4.39 Å². The molecular formula is C77H98FN12O19PSSi2. The summed E-state index contributed by atoms with van der Waals surface area (Å²) in [5, 5.41) is 7.28. The molecule has 3 aliphatic heterocycles. The molecule has 0 aliphatic carbocycles. The highest BCUT2D eigenvalue weighted by atomic mass is 32.5. The van der Waals surface area contributed by atoms with E-state index in [9.17, 15) is 33.6 Å². The number of ketones is 1. The molecule has 4 amide bonds. The van der Waals surface area contributed by atoms with E-state index in [4.69, 9.17) is 67.7 Å². The second kappa shape index (κ2) is 37.0. The standard InChI is InChI=1S/C77H98FN12O19PSSi2/c1-49(91)25-34-61(94)107-67-66(109-113(11,12)76(3,4)5)59(106-74(67)90-47-83-64-70(90)84-45-87(72(64)96)36-37-100-48-85-60(93)40-79-75(97)101-38-39-112(8,9)10)43-104-110(111,103-41-55-24-19-35-88(55)50(2)92)108-65-58(105-73(62(65)78)89-46-82-63-68(80-44-81-69(63)89)86-71(95)51-20-15-13-16-21-51)42-102-77(52-22-17-14-18-23-52,53-26-30-56(98-6)31-27-53)54-28-32-57(99-7)33-29-54/h13-18,20-23,26-33,44-47,55,58-59,62,65-67,73-74H,19,24-25,34-43,48H2,1-12H3,(H,79,97)(H,85,93)(H,80,81,86,95)/t55-,58-,59-,62-,65-,66-,67-,73-,74-,110-/m1/s1. The number of ether oxygens (including phenoxy) is 8. The van der Waals surface area contributed by atoms with Crippen LogP contribution in [0.25, 0.3) is 22.3 Å². The van der Waals surface area contributed by atoms with Crippen molar-refractivity contribution in [1.29, 1.82) is 0 Å². The molecule has 113 heavy (non-hydrogen) atoms. The first-order valence-corrected chi connectivity index (χ1v) is 46.4. The van der Waals surface area contributed by atoms with Crippen LogP contribution in [0.5, 0.6) is 11.5 Å². The lowest BCUT2D eigenvalue weighted by Gasteiger charge is -2.40. The van der Waals surface area contributed by atoms with Crippen LogP contribution in [0.15, 0.2) is 139 Å². The predicted octanol–water partition coefficient (Wildman–Crippen LogP) is 10.3. The topological polar surface area (TPSA) is 349 Å². The van der Waals surface area contributed by atoms with Crippen LogP contribution < -0.4 is 31.0 Å². The number of Topliss-reactive ketones (excluding diaryl/α,β-unsaturated/α-hetero) is 1. The number of carbonyl (C=O) groups is 6. The first-order chi connectivity index (χ1) is 53.9. The molecule has 4 aromatic heterocycles. The smallest absolute Gasteiger partial charge is 0.407 e. The average Bonchev–Trinajstić information content (AvgIpc) is 1.73. The number of hydrogen-bond acceptors (Lipinski definition) is 25. The third-order valence-electron chi connectivity index (χ3n) is 20.3. The summed E-state index contributed by atoms with van der Waals surface area (Å²) in [5.41, 5.74) is 0.239.